The number of likely N-dealkylation sites (N-methyl/N-ethyl adjacent to an activating group) is 1. The SMILES string of the molecule is CNC1CCCNC1C(C)N. The minimum absolute atomic E-state index is 0.243. The minimum Gasteiger partial charge on any atom is -0.326 e. The standard InChI is InChI=1S/C8H19N3/c1-6(9)8-7(10-2)4-3-5-11-8/h6-8,10-11H,3-5,9H2,1-2H3. The Morgan fingerprint density at radius 2 is 2.36 bits per heavy atom. The first-order chi connectivity index (χ1) is 5.25. The third-order valence-electron chi connectivity index (χ3n) is 2.44. The smallest absolute Gasteiger partial charge is 0.0370 e. The van der Waals surface area contributed by atoms with E-state index in [0.29, 0.717) is 12.1 Å². The molecule has 1 aliphatic heterocycles. The van der Waals surface area contributed by atoms with Crippen LogP contribution in [0, 0.1) is 0 Å². The van der Waals surface area contributed by atoms with Crippen molar-refractivity contribution in [3.8, 4) is 0 Å². The van der Waals surface area contributed by atoms with Crippen LogP contribution in [0.5, 0.6) is 0 Å². The molecule has 1 aliphatic rings. The van der Waals surface area contributed by atoms with Crippen molar-refractivity contribution < 1.29 is 0 Å². The molecule has 0 bridgehead atoms. The fourth-order valence-electron chi connectivity index (χ4n) is 1.79. The molecule has 0 saturated carbocycles. The number of nitrogens with two attached hydrogens (primary N) is 1. The Morgan fingerprint density at radius 1 is 1.64 bits per heavy atom. The number of hydrogen-bond donors (Lipinski definition) is 3. The predicted molar refractivity (Wildman–Crippen MR) is 47.5 cm³/mol. The number of piperidine rings is 1. The monoisotopic (exact) mass is 157 g/mol. The van der Waals surface area contributed by atoms with Crippen molar-refractivity contribution in [1.82, 2.24) is 10.6 Å². The van der Waals surface area contributed by atoms with Crippen LogP contribution in [-0.4, -0.2) is 31.7 Å². The van der Waals surface area contributed by atoms with Gasteiger partial charge in [-0.05, 0) is 33.4 Å². The van der Waals surface area contributed by atoms with Crippen molar-refractivity contribution in [2.45, 2.75) is 37.9 Å². The predicted octanol–water partition coefficient (Wildman–Crippen LogP) is -0.326. The maximum atomic E-state index is 5.83. The van der Waals surface area contributed by atoms with Gasteiger partial charge in [-0.15, -0.1) is 0 Å². The van der Waals surface area contributed by atoms with E-state index in [-0.39, 0.29) is 6.04 Å². The molecule has 11 heavy (non-hydrogen) atoms. The lowest BCUT2D eigenvalue weighted by atomic mass is 9.94. The summed E-state index contributed by atoms with van der Waals surface area (Å²) in [6, 6.07) is 1.25. The first-order valence-electron chi connectivity index (χ1n) is 4.42. The lowest BCUT2D eigenvalue weighted by molar-refractivity contribution is 0.286. The summed E-state index contributed by atoms with van der Waals surface area (Å²) in [5, 5.41) is 6.72. The zero-order chi connectivity index (χ0) is 8.27. The molecule has 0 aromatic rings. The van der Waals surface area contributed by atoms with Gasteiger partial charge in [-0.3, -0.25) is 0 Å². The van der Waals surface area contributed by atoms with E-state index in [2.05, 4.69) is 17.6 Å². The summed E-state index contributed by atoms with van der Waals surface area (Å²) < 4.78 is 0. The van der Waals surface area contributed by atoms with Gasteiger partial charge in [-0.25, -0.2) is 0 Å². The van der Waals surface area contributed by atoms with E-state index in [4.69, 9.17) is 5.73 Å². The molecule has 0 radical (unpaired) electrons. The highest BCUT2D eigenvalue weighted by Crippen LogP contribution is 2.09. The number of nitrogens with one attached hydrogen (secondary N) is 2. The molecule has 0 aromatic carbocycles. The van der Waals surface area contributed by atoms with Crippen LogP contribution in [-0.2, 0) is 0 Å². The molecule has 3 atom stereocenters. The van der Waals surface area contributed by atoms with Gasteiger partial charge in [0.25, 0.3) is 0 Å². The molecule has 66 valence electrons. The third kappa shape index (κ3) is 2.15. The number of rotatable bonds is 2. The van der Waals surface area contributed by atoms with Crippen molar-refractivity contribution in [2.24, 2.45) is 5.73 Å². The zero-order valence-electron chi connectivity index (χ0n) is 7.43. The zero-order valence-corrected chi connectivity index (χ0v) is 7.43. The second-order valence-corrected chi connectivity index (χ2v) is 3.38. The highest BCUT2D eigenvalue weighted by atomic mass is 15.0. The molecule has 1 rings (SSSR count). The van der Waals surface area contributed by atoms with Gasteiger partial charge >= 0.3 is 0 Å². The molecular weight excluding hydrogens is 138 g/mol. The van der Waals surface area contributed by atoms with E-state index in [1.165, 1.54) is 12.8 Å². The van der Waals surface area contributed by atoms with Crippen LogP contribution in [0.2, 0.25) is 0 Å². The van der Waals surface area contributed by atoms with Crippen molar-refractivity contribution in [3.63, 3.8) is 0 Å². The first kappa shape index (κ1) is 8.97. The Kier molecular flexibility index (Phi) is 3.30. The highest BCUT2D eigenvalue weighted by molar-refractivity contribution is 4.90. The summed E-state index contributed by atoms with van der Waals surface area (Å²) in [7, 11) is 2.01. The van der Waals surface area contributed by atoms with Crippen LogP contribution in [0.25, 0.3) is 0 Å². The van der Waals surface area contributed by atoms with Crippen molar-refractivity contribution in [2.75, 3.05) is 13.6 Å². The van der Waals surface area contributed by atoms with E-state index in [1.54, 1.807) is 0 Å². The third-order valence-corrected chi connectivity index (χ3v) is 2.44. The quantitative estimate of drug-likeness (QED) is 0.514. The minimum atomic E-state index is 0.243. The number of hydrogen-bond acceptors (Lipinski definition) is 3. The Hall–Kier alpha value is -0.120. The van der Waals surface area contributed by atoms with Gasteiger partial charge in [0, 0.05) is 18.1 Å². The van der Waals surface area contributed by atoms with E-state index in [9.17, 15) is 0 Å². The van der Waals surface area contributed by atoms with Gasteiger partial charge < -0.3 is 16.4 Å². The largest absolute Gasteiger partial charge is 0.326 e. The van der Waals surface area contributed by atoms with E-state index in [1.807, 2.05) is 7.05 Å². The molecule has 3 nitrogen and oxygen atoms in total. The second kappa shape index (κ2) is 4.04. The van der Waals surface area contributed by atoms with Crippen LogP contribution in [0.4, 0.5) is 0 Å². The van der Waals surface area contributed by atoms with E-state index in [0.717, 1.165) is 6.54 Å². The molecule has 1 fully saturated rings. The molecule has 0 aromatic heterocycles. The Balaban J connectivity index is 2.44. The van der Waals surface area contributed by atoms with Gasteiger partial charge in [0.2, 0.25) is 0 Å². The average molecular weight is 157 g/mol. The Labute approximate surface area is 68.7 Å². The lowest BCUT2D eigenvalue weighted by Crippen LogP contribution is -2.58. The van der Waals surface area contributed by atoms with Crippen molar-refractivity contribution in [3.05, 3.63) is 0 Å². The van der Waals surface area contributed by atoms with Crippen LogP contribution in [0.15, 0.2) is 0 Å². The normalized spacial score (nSPS) is 35.2. The van der Waals surface area contributed by atoms with E-state index >= 15 is 0 Å². The van der Waals surface area contributed by atoms with Crippen LogP contribution in [0.1, 0.15) is 19.8 Å². The molecule has 1 saturated heterocycles. The van der Waals surface area contributed by atoms with Crippen LogP contribution in [0.3, 0.4) is 0 Å². The summed E-state index contributed by atoms with van der Waals surface area (Å²) in [5.74, 6) is 0. The summed E-state index contributed by atoms with van der Waals surface area (Å²) in [5.41, 5.74) is 5.83. The van der Waals surface area contributed by atoms with Crippen molar-refractivity contribution >= 4 is 0 Å². The summed E-state index contributed by atoms with van der Waals surface area (Å²) >= 11 is 0. The molecule has 0 amide bonds. The molecule has 3 unspecified atom stereocenters. The van der Waals surface area contributed by atoms with Gasteiger partial charge in [0.1, 0.15) is 0 Å². The topological polar surface area (TPSA) is 50.1 Å². The van der Waals surface area contributed by atoms with Gasteiger partial charge in [-0.1, -0.05) is 0 Å². The molecule has 0 aliphatic carbocycles. The van der Waals surface area contributed by atoms with Gasteiger partial charge in [-0.2, -0.15) is 0 Å². The highest BCUT2D eigenvalue weighted by Gasteiger charge is 2.25. The van der Waals surface area contributed by atoms with Gasteiger partial charge in [0.15, 0.2) is 0 Å². The molecule has 4 N–H and O–H groups in total. The second-order valence-electron chi connectivity index (χ2n) is 3.38. The summed E-state index contributed by atoms with van der Waals surface area (Å²) in [6.07, 6.45) is 2.50. The van der Waals surface area contributed by atoms with E-state index < -0.39 is 0 Å². The van der Waals surface area contributed by atoms with Gasteiger partial charge in [0.05, 0.1) is 0 Å². The maximum Gasteiger partial charge on any atom is 0.0370 e. The van der Waals surface area contributed by atoms with Crippen molar-refractivity contribution in [1.29, 1.82) is 0 Å². The molecule has 0 spiro atoms. The molecular formula is C8H19N3. The molecule has 1 heterocycles. The lowest BCUT2D eigenvalue weighted by Gasteiger charge is -2.34. The Morgan fingerprint density at radius 3 is 2.82 bits per heavy atom. The first-order valence-corrected chi connectivity index (χ1v) is 4.42. The molecule has 3 heteroatoms. The fraction of sp³-hybridized carbons (Fsp3) is 1.00. The summed E-state index contributed by atoms with van der Waals surface area (Å²) in [4.78, 5) is 0. The summed E-state index contributed by atoms with van der Waals surface area (Å²) in [6.45, 7) is 3.18. The Bertz CT molecular complexity index is 114. The average Bonchev–Trinajstić information content (AvgIpc) is 2.04. The van der Waals surface area contributed by atoms with Crippen LogP contribution < -0.4 is 16.4 Å². The fourth-order valence-corrected chi connectivity index (χ4v) is 1.79. The van der Waals surface area contributed by atoms with Crippen LogP contribution >= 0.6 is 0 Å². The maximum absolute atomic E-state index is 5.83.